The van der Waals surface area contributed by atoms with Crippen molar-refractivity contribution >= 4 is 34.8 Å². The summed E-state index contributed by atoms with van der Waals surface area (Å²) < 4.78 is 5.65. The quantitative estimate of drug-likeness (QED) is 0.866. The predicted octanol–water partition coefficient (Wildman–Crippen LogP) is 4.07. The summed E-state index contributed by atoms with van der Waals surface area (Å²) in [6.07, 6.45) is 0. The van der Waals surface area contributed by atoms with E-state index in [0.717, 1.165) is 0 Å². The number of amides is 1. The van der Waals surface area contributed by atoms with Crippen LogP contribution in [0.5, 0.6) is 11.5 Å². The minimum absolute atomic E-state index is 0.131. The third kappa shape index (κ3) is 3.40. The number of carbonyl (C=O) groups is 1. The second kappa shape index (κ2) is 6.24. The van der Waals surface area contributed by atoms with Gasteiger partial charge in [0.15, 0.2) is 0 Å². The molecule has 0 saturated carbocycles. The molecule has 2 N–H and O–H groups in total. The van der Waals surface area contributed by atoms with E-state index < -0.39 is 0 Å². The average molecular weight is 325 g/mol. The highest BCUT2D eigenvalue weighted by molar-refractivity contribution is 6.42. The van der Waals surface area contributed by atoms with E-state index in [1.165, 1.54) is 4.90 Å². The van der Waals surface area contributed by atoms with E-state index in [4.69, 9.17) is 33.7 Å². The summed E-state index contributed by atoms with van der Waals surface area (Å²) in [6.45, 7) is 0. The Morgan fingerprint density at radius 2 is 1.86 bits per heavy atom. The fourth-order valence-electron chi connectivity index (χ4n) is 1.71. The number of hydrogen-bond donors (Lipinski definition) is 1. The molecule has 6 heteroatoms. The van der Waals surface area contributed by atoms with Gasteiger partial charge in [0.25, 0.3) is 5.91 Å². The summed E-state index contributed by atoms with van der Waals surface area (Å²) in [5.74, 6) is 0.686. The van der Waals surface area contributed by atoms with Crippen molar-refractivity contribution in [2.75, 3.05) is 19.8 Å². The number of carbonyl (C=O) groups excluding carboxylic acids is 1. The van der Waals surface area contributed by atoms with E-state index in [1.807, 2.05) is 0 Å². The fraction of sp³-hybridized carbons (Fsp3) is 0.133. The average Bonchev–Trinajstić information content (AvgIpc) is 2.44. The first-order valence-electron chi connectivity index (χ1n) is 6.13. The standard InChI is InChI=1S/C15H14Cl2N2O2/c1-19(2)15(20)9-6-7-12(11(18)8-9)21-13-5-3-4-10(16)14(13)17/h3-8H,18H2,1-2H3. The zero-order valence-electron chi connectivity index (χ0n) is 11.6. The Morgan fingerprint density at radius 3 is 2.48 bits per heavy atom. The zero-order chi connectivity index (χ0) is 15.6. The highest BCUT2D eigenvalue weighted by atomic mass is 35.5. The van der Waals surface area contributed by atoms with Crippen LogP contribution in [0.3, 0.4) is 0 Å². The molecule has 0 aliphatic rings. The van der Waals surface area contributed by atoms with Crippen LogP contribution in [0, 0.1) is 0 Å². The van der Waals surface area contributed by atoms with Crippen LogP contribution in [0.25, 0.3) is 0 Å². The molecule has 1 amide bonds. The van der Waals surface area contributed by atoms with Crippen LogP contribution in [-0.2, 0) is 0 Å². The summed E-state index contributed by atoms with van der Waals surface area (Å²) in [7, 11) is 3.35. The molecule has 21 heavy (non-hydrogen) atoms. The highest BCUT2D eigenvalue weighted by Crippen LogP contribution is 2.36. The monoisotopic (exact) mass is 324 g/mol. The lowest BCUT2D eigenvalue weighted by Gasteiger charge is -2.13. The topological polar surface area (TPSA) is 55.6 Å². The van der Waals surface area contributed by atoms with E-state index >= 15 is 0 Å². The summed E-state index contributed by atoms with van der Waals surface area (Å²) in [5, 5.41) is 0.708. The molecule has 0 saturated heterocycles. The minimum atomic E-state index is -0.131. The van der Waals surface area contributed by atoms with Crippen LogP contribution < -0.4 is 10.5 Å². The molecule has 0 aliphatic carbocycles. The molecule has 0 spiro atoms. The molecular weight excluding hydrogens is 311 g/mol. The third-order valence-electron chi connectivity index (χ3n) is 2.80. The van der Waals surface area contributed by atoms with Crippen LogP contribution in [-0.4, -0.2) is 24.9 Å². The number of nitrogens with zero attached hydrogens (tertiary/aromatic N) is 1. The lowest BCUT2D eigenvalue weighted by molar-refractivity contribution is 0.0827. The molecule has 110 valence electrons. The van der Waals surface area contributed by atoms with Crippen molar-refractivity contribution in [3.05, 3.63) is 52.0 Å². The van der Waals surface area contributed by atoms with Crippen molar-refractivity contribution in [3.8, 4) is 11.5 Å². The Kier molecular flexibility index (Phi) is 4.60. The van der Waals surface area contributed by atoms with Gasteiger partial charge in [0.05, 0.1) is 10.7 Å². The van der Waals surface area contributed by atoms with Gasteiger partial charge in [0, 0.05) is 19.7 Å². The van der Waals surface area contributed by atoms with Gasteiger partial charge >= 0.3 is 0 Å². The van der Waals surface area contributed by atoms with Crippen molar-refractivity contribution in [1.29, 1.82) is 0 Å². The molecule has 0 radical (unpaired) electrons. The number of rotatable bonds is 3. The summed E-state index contributed by atoms with van der Waals surface area (Å²) in [6, 6.07) is 9.92. The van der Waals surface area contributed by atoms with Crippen molar-refractivity contribution < 1.29 is 9.53 Å². The second-order valence-corrected chi connectivity index (χ2v) is 5.39. The van der Waals surface area contributed by atoms with Gasteiger partial charge in [-0.15, -0.1) is 0 Å². The summed E-state index contributed by atoms with van der Waals surface area (Å²) >= 11 is 12.0. The lowest BCUT2D eigenvalue weighted by atomic mass is 10.1. The first-order valence-corrected chi connectivity index (χ1v) is 6.89. The van der Waals surface area contributed by atoms with Crippen molar-refractivity contribution in [2.24, 2.45) is 0 Å². The minimum Gasteiger partial charge on any atom is -0.454 e. The van der Waals surface area contributed by atoms with Gasteiger partial charge in [0.2, 0.25) is 0 Å². The molecule has 4 nitrogen and oxygen atoms in total. The van der Waals surface area contributed by atoms with Crippen LogP contribution >= 0.6 is 23.2 Å². The van der Waals surface area contributed by atoms with Crippen LogP contribution in [0.4, 0.5) is 5.69 Å². The molecule has 0 aliphatic heterocycles. The molecule has 0 atom stereocenters. The van der Waals surface area contributed by atoms with Crippen LogP contribution in [0.2, 0.25) is 10.0 Å². The van der Waals surface area contributed by atoms with Gasteiger partial charge in [0.1, 0.15) is 16.5 Å². The Morgan fingerprint density at radius 1 is 1.14 bits per heavy atom. The van der Waals surface area contributed by atoms with Crippen molar-refractivity contribution in [2.45, 2.75) is 0 Å². The molecule has 2 rings (SSSR count). The largest absolute Gasteiger partial charge is 0.454 e. The Bertz CT molecular complexity index is 687. The van der Waals surface area contributed by atoms with Gasteiger partial charge in [-0.1, -0.05) is 29.3 Å². The van der Waals surface area contributed by atoms with Crippen molar-refractivity contribution in [3.63, 3.8) is 0 Å². The molecular formula is C15H14Cl2N2O2. The first kappa shape index (κ1) is 15.5. The van der Waals surface area contributed by atoms with Gasteiger partial charge in [-0.25, -0.2) is 0 Å². The van der Waals surface area contributed by atoms with E-state index in [9.17, 15) is 4.79 Å². The maximum absolute atomic E-state index is 11.9. The highest BCUT2D eigenvalue weighted by Gasteiger charge is 2.12. The second-order valence-electron chi connectivity index (χ2n) is 4.61. The number of anilines is 1. The number of ether oxygens (including phenoxy) is 1. The van der Waals surface area contributed by atoms with Gasteiger partial charge in [-0.05, 0) is 30.3 Å². The Labute approximate surface area is 133 Å². The maximum Gasteiger partial charge on any atom is 0.253 e. The van der Waals surface area contributed by atoms with Gasteiger partial charge < -0.3 is 15.4 Å². The van der Waals surface area contributed by atoms with E-state index in [-0.39, 0.29) is 5.91 Å². The van der Waals surface area contributed by atoms with E-state index in [0.29, 0.717) is 32.8 Å². The molecule has 0 fully saturated rings. The van der Waals surface area contributed by atoms with E-state index in [1.54, 1.807) is 50.5 Å². The van der Waals surface area contributed by atoms with E-state index in [2.05, 4.69) is 0 Å². The number of benzene rings is 2. The number of halogens is 2. The Balaban J connectivity index is 2.30. The number of nitrogens with two attached hydrogens (primary N) is 1. The molecule has 2 aromatic rings. The summed E-state index contributed by atoms with van der Waals surface area (Å²) in [4.78, 5) is 13.3. The first-order chi connectivity index (χ1) is 9.90. The third-order valence-corrected chi connectivity index (χ3v) is 3.60. The number of nitrogen functional groups attached to an aromatic ring is 1. The molecule has 0 aromatic heterocycles. The van der Waals surface area contributed by atoms with Gasteiger partial charge in [-0.2, -0.15) is 0 Å². The normalized spacial score (nSPS) is 10.3. The summed E-state index contributed by atoms with van der Waals surface area (Å²) in [5.41, 5.74) is 6.76. The molecule has 0 bridgehead atoms. The predicted molar refractivity (Wildman–Crippen MR) is 85.4 cm³/mol. The molecule has 2 aromatic carbocycles. The molecule has 0 heterocycles. The van der Waals surface area contributed by atoms with Gasteiger partial charge in [-0.3, -0.25) is 4.79 Å². The van der Waals surface area contributed by atoms with Crippen molar-refractivity contribution in [1.82, 2.24) is 4.90 Å². The lowest BCUT2D eigenvalue weighted by Crippen LogP contribution is -2.21. The molecule has 0 unspecified atom stereocenters. The maximum atomic E-state index is 11.9. The smallest absolute Gasteiger partial charge is 0.253 e. The number of hydrogen-bond acceptors (Lipinski definition) is 3. The fourth-order valence-corrected chi connectivity index (χ4v) is 2.04. The van der Waals surface area contributed by atoms with Crippen LogP contribution in [0.15, 0.2) is 36.4 Å². The Hall–Kier alpha value is -1.91. The van der Waals surface area contributed by atoms with Crippen LogP contribution in [0.1, 0.15) is 10.4 Å². The zero-order valence-corrected chi connectivity index (χ0v) is 13.1. The SMILES string of the molecule is CN(C)C(=O)c1ccc(Oc2cccc(Cl)c2Cl)c(N)c1.